The number of ether oxygens (including phenoxy) is 2. The van der Waals surface area contributed by atoms with Crippen molar-refractivity contribution in [1.29, 1.82) is 0 Å². The van der Waals surface area contributed by atoms with E-state index in [-0.39, 0.29) is 12.5 Å². The minimum Gasteiger partial charge on any atom is -0.496 e. The predicted octanol–water partition coefficient (Wildman–Crippen LogP) is 1.48. The third kappa shape index (κ3) is 6.13. The molecule has 1 amide bonds. The molecule has 0 aromatic heterocycles. The number of carbonyl (C=O) groups excluding carboxylic acids is 1. The lowest BCUT2D eigenvalue weighted by molar-refractivity contribution is -0.141. The lowest BCUT2D eigenvalue weighted by Gasteiger charge is -2.15. The Hall–Kier alpha value is -2.08. The third-order valence-electron chi connectivity index (χ3n) is 3.31. The number of carboxylic acid groups (broad SMARTS) is 1. The summed E-state index contributed by atoms with van der Waals surface area (Å²) >= 11 is 0. The Kier molecular flexibility index (Phi) is 7.99. The van der Waals surface area contributed by atoms with Gasteiger partial charge in [-0.3, -0.25) is 9.59 Å². The summed E-state index contributed by atoms with van der Waals surface area (Å²) in [6.07, 6.45) is 1.25. The van der Waals surface area contributed by atoms with Gasteiger partial charge in [-0.2, -0.15) is 0 Å². The van der Waals surface area contributed by atoms with E-state index in [0.29, 0.717) is 31.6 Å². The first-order valence-electron chi connectivity index (χ1n) is 7.18. The minimum absolute atomic E-state index is 0.0964. The highest BCUT2D eigenvalue weighted by molar-refractivity contribution is 5.77. The fourth-order valence-electron chi connectivity index (χ4n) is 2.09. The normalized spacial score (nSPS) is 11.7. The van der Waals surface area contributed by atoms with Crippen molar-refractivity contribution in [3.05, 3.63) is 29.8 Å². The average Bonchev–Trinajstić information content (AvgIpc) is 2.51. The molecule has 1 atom stereocenters. The Morgan fingerprint density at radius 2 is 2.00 bits per heavy atom. The van der Waals surface area contributed by atoms with Gasteiger partial charge in [-0.25, -0.2) is 0 Å². The number of rotatable bonds is 10. The molecule has 6 nitrogen and oxygen atoms in total. The molecular formula is C16H23NO5. The molecule has 1 aromatic rings. The van der Waals surface area contributed by atoms with Gasteiger partial charge < -0.3 is 19.9 Å². The van der Waals surface area contributed by atoms with Gasteiger partial charge in [-0.1, -0.05) is 18.2 Å². The zero-order chi connectivity index (χ0) is 16.4. The average molecular weight is 309 g/mol. The summed E-state index contributed by atoms with van der Waals surface area (Å²) in [6.45, 7) is 0.607. The van der Waals surface area contributed by atoms with Crippen LogP contribution in [0.15, 0.2) is 24.3 Å². The molecule has 0 fully saturated rings. The van der Waals surface area contributed by atoms with Gasteiger partial charge in [-0.15, -0.1) is 0 Å². The maximum Gasteiger partial charge on any atom is 0.308 e. The summed E-state index contributed by atoms with van der Waals surface area (Å²) in [5.41, 5.74) is 0.811. The lowest BCUT2D eigenvalue weighted by atomic mass is 9.98. The SMILES string of the molecule is COCCCC(=O)NCC(Cc1ccccc1OC)C(=O)O. The molecular weight excluding hydrogens is 286 g/mol. The lowest BCUT2D eigenvalue weighted by Crippen LogP contribution is -2.34. The Morgan fingerprint density at radius 1 is 1.27 bits per heavy atom. The maximum atomic E-state index is 11.6. The van der Waals surface area contributed by atoms with Crippen molar-refractivity contribution in [2.45, 2.75) is 19.3 Å². The molecule has 1 rings (SSSR count). The fraction of sp³-hybridized carbons (Fsp3) is 0.500. The first-order chi connectivity index (χ1) is 10.6. The molecule has 0 saturated heterocycles. The van der Waals surface area contributed by atoms with Crippen LogP contribution >= 0.6 is 0 Å². The van der Waals surface area contributed by atoms with Gasteiger partial charge >= 0.3 is 5.97 Å². The van der Waals surface area contributed by atoms with Crippen molar-refractivity contribution >= 4 is 11.9 Å². The Bertz CT molecular complexity index is 489. The van der Waals surface area contributed by atoms with Crippen LogP contribution in [0.3, 0.4) is 0 Å². The smallest absolute Gasteiger partial charge is 0.308 e. The van der Waals surface area contributed by atoms with Crippen LogP contribution in [-0.4, -0.2) is 44.4 Å². The van der Waals surface area contributed by atoms with Crippen molar-refractivity contribution < 1.29 is 24.2 Å². The summed E-state index contributed by atoms with van der Waals surface area (Å²) in [7, 11) is 3.12. The first-order valence-corrected chi connectivity index (χ1v) is 7.18. The van der Waals surface area contributed by atoms with Gasteiger partial charge in [-0.05, 0) is 24.5 Å². The highest BCUT2D eigenvalue weighted by Crippen LogP contribution is 2.21. The standard InChI is InChI=1S/C16H23NO5/c1-21-9-5-8-15(18)17-11-13(16(19)20)10-12-6-3-4-7-14(12)22-2/h3-4,6-7,13H,5,8-11H2,1-2H3,(H,17,18)(H,19,20). The van der Waals surface area contributed by atoms with Crippen LogP contribution in [0, 0.1) is 5.92 Å². The molecule has 122 valence electrons. The largest absolute Gasteiger partial charge is 0.496 e. The highest BCUT2D eigenvalue weighted by Gasteiger charge is 2.20. The Morgan fingerprint density at radius 3 is 2.64 bits per heavy atom. The van der Waals surface area contributed by atoms with Gasteiger partial charge in [0.2, 0.25) is 5.91 Å². The van der Waals surface area contributed by atoms with Gasteiger partial charge in [0.15, 0.2) is 0 Å². The van der Waals surface area contributed by atoms with E-state index in [4.69, 9.17) is 9.47 Å². The van der Waals surface area contributed by atoms with Gasteiger partial charge in [0.05, 0.1) is 13.0 Å². The van der Waals surface area contributed by atoms with Crippen LogP contribution in [0.4, 0.5) is 0 Å². The van der Waals surface area contributed by atoms with E-state index in [1.807, 2.05) is 18.2 Å². The van der Waals surface area contributed by atoms with Crippen molar-refractivity contribution in [2.75, 3.05) is 27.4 Å². The fourth-order valence-corrected chi connectivity index (χ4v) is 2.09. The number of benzene rings is 1. The van der Waals surface area contributed by atoms with E-state index >= 15 is 0 Å². The second kappa shape index (κ2) is 9.78. The molecule has 1 aromatic carbocycles. The van der Waals surface area contributed by atoms with E-state index < -0.39 is 11.9 Å². The molecule has 1 unspecified atom stereocenters. The quantitative estimate of drug-likeness (QED) is 0.640. The maximum absolute atomic E-state index is 11.6. The number of amides is 1. The van der Waals surface area contributed by atoms with Crippen LogP contribution < -0.4 is 10.1 Å². The van der Waals surface area contributed by atoms with Crippen molar-refractivity contribution in [3.8, 4) is 5.75 Å². The number of hydrogen-bond acceptors (Lipinski definition) is 4. The van der Waals surface area contributed by atoms with E-state index in [0.717, 1.165) is 5.56 Å². The minimum atomic E-state index is -0.942. The van der Waals surface area contributed by atoms with Crippen molar-refractivity contribution in [3.63, 3.8) is 0 Å². The number of para-hydroxylation sites is 1. The van der Waals surface area contributed by atoms with E-state index in [9.17, 15) is 14.7 Å². The molecule has 0 spiro atoms. The molecule has 0 heterocycles. The molecule has 0 aliphatic carbocycles. The first kappa shape index (κ1) is 18.0. The number of methoxy groups -OCH3 is 2. The summed E-state index contributed by atoms with van der Waals surface area (Å²) in [6, 6.07) is 7.28. The number of hydrogen-bond donors (Lipinski definition) is 2. The van der Waals surface area contributed by atoms with Crippen LogP contribution in [0.2, 0.25) is 0 Å². The van der Waals surface area contributed by atoms with Crippen molar-refractivity contribution in [1.82, 2.24) is 5.32 Å². The number of nitrogens with one attached hydrogen (secondary N) is 1. The zero-order valence-electron chi connectivity index (χ0n) is 13.0. The summed E-state index contributed by atoms with van der Waals surface area (Å²) < 4.78 is 10.1. The second-order valence-corrected chi connectivity index (χ2v) is 4.95. The number of carbonyl (C=O) groups is 2. The third-order valence-corrected chi connectivity index (χ3v) is 3.31. The second-order valence-electron chi connectivity index (χ2n) is 4.95. The topological polar surface area (TPSA) is 84.9 Å². The summed E-state index contributed by atoms with van der Waals surface area (Å²) in [4.78, 5) is 23.0. The Labute approximate surface area is 130 Å². The van der Waals surface area contributed by atoms with Gasteiger partial charge in [0, 0.05) is 26.7 Å². The van der Waals surface area contributed by atoms with Gasteiger partial charge in [0.1, 0.15) is 5.75 Å². The number of carboxylic acids is 1. The van der Waals surface area contributed by atoms with Crippen LogP contribution in [-0.2, 0) is 20.7 Å². The van der Waals surface area contributed by atoms with Crippen molar-refractivity contribution in [2.24, 2.45) is 5.92 Å². The monoisotopic (exact) mass is 309 g/mol. The molecule has 0 aliphatic rings. The highest BCUT2D eigenvalue weighted by atomic mass is 16.5. The summed E-state index contributed by atoms with van der Waals surface area (Å²) in [5.74, 6) is -1.14. The van der Waals surface area contributed by atoms with Crippen LogP contribution in [0.25, 0.3) is 0 Å². The molecule has 0 saturated carbocycles. The van der Waals surface area contributed by atoms with E-state index in [1.165, 1.54) is 0 Å². The van der Waals surface area contributed by atoms with E-state index in [2.05, 4.69) is 5.32 Å². The molecule has 0 radical (unpaired) electrons. The molecule has 2 N–H and O–H groups in total. The summed E-state index contributed by atoms with van der Waals surface area (Å²) in [5, 5.41) is 12.0. The van der Waals surface area contributed by atoms with Crippen LogP contribution in [0.5, 0.6) is 5.75 Å². The molecule has 0 bridgehead atoms. The molecule has 6 heteroatoms. The van der Waals surface area contributed by atoms with Gasteiger partial charge in [0.25, 0.3) is 0 Å². The molecule has 22 heavy (non-hydrogen) atoms. The van der Waals surface area contributed by atoms with Crippen LogP contribution in [0.1, 0.15) is 18.4 Å². The van der Waals surface area contributed by atoms with E-state index in [1.54, 1.807) is 20.3 Å². The Balaban J connectivity index is 2.55. The molecule has 0 aliphatic heterocycles. The number of aliphatic carboxylic acids is 1. The predicted molar refractivity (Wildman–Crippen MR) is 81.9 cm³/mol. The zero-order valence-corrected chi connectivity index (χ0v) is 13.0.